The summed E-state index contributed by atoms with van der Waals surface area (Å²) in [6.07, 6.45) is 5.56. The molecule has 0 radical (unpaired) electrons. The molecule has 2 aliphatic rings. The van der Waals surface area contributed by atoms with Crippen LogP contribution in [0.25, 0.3) is 0 Å². The van der Waals surface area contributed by atoms with Crippen LogP contribution in [0.1, 0.15) is 39.0 Å². The van der Waals surface area contributed by atoms with Crippen molar-refractivity contribution in [2.24, 2.45) is 17.8 Å². The lowest BCUT2D eigenvalue weighted by molar-refractivity contribution is -0.117. The average molecular weight is 304 g/mol. The van der Waals surface area contributed by atoms with Crippen molar-refractivity contribution in [2.45, 2.75) is 39.0 Å². The fourth-order valence-corrected chi connectivity index (χ4v) is 3.97. The first-order chi connectivity index (χ1) is 10.5. The number of carbonyl (C=O) groups is 2. The summed E-state index contributed by atoms with van der Waals surface area (Å²) in [5.74, 6) is 1.14. The zero-order valence-corrected chi connectivity index (χ0v) is 12.7. The quantitative estimate of drug-likeness (QED) is 0.893. The predicted molar refractivity (Wildman–Crippen MR) is 82.9 cm³/mol. The summed E-state index contributed by atoms with van der Waals surface area (Å²) >= 11 is 0. The zero-order valence-electron chi connectivity index (χ0n) is 12.7. The molecule has 22 heavy (non-hydrogen) atoms. The Kier molecular flexibility index (Phi) is 4.14. The smallest absolute Gasteiger partial charge is 0.224 e. The molecule has 0 saturated heterocycles. The second-order valence-electron chi connectivity index (χ2n) is 6.56. The summed E-state index contributed by atoms with van der Waals surface area (Å²) in [5, 5.41) is 5.23. The van der Waals surface area contributed by atoms with Gasteiger partial charge in [-0.05, 0) is 55.2 Å². The first-order valence-corrected chi connectivity index (χ1v) is 7.88. The molecule has 0 aromatic heterocycles. The Morgan fingerprint density at radius 2 is 2.05 bits per heavy atom. The van der Waals surface area contributed by atoms with Crippen LogP contribution in [0.3, 0.4) is 0 Å². The summed E-state index contributed by atoms with van der Waals surface area (Å²) in [6.45, 7) is 1.32. The number of hydrogen-bond acceptors (Lipinski definition) is 2. The molecule has 0 unspecified atom stereocenters. The Morgan fingerprint density at radius 1 is 1.23 bits per heavy atom. The summed E-state index contributed by atoms with van der Waals surface area (Å²) < 4.78 is 13.6. The third kappa shape index (κ3) is 3.29. The van der Waals surface area contributed by atoms with E-state index in [2.05, 4.69) is 10.6 Å². The van der Waals surface area contributed by atoms with Gasteiger partial charge in [0.05, 0.1) is 5.69 Å². The van der Waals surface area contributed by atoms with Crippen LogP contribution in [0.2, 0.25) is 0 Å². The molecule has 0 aliphatic heterocycles. The van der Waals surface area contributed by atoms with Gasteiger partial charge in [-0.3, -0.25) is 9.59 Å². The van der Waals surface area contributed by atoms with Crippen molar-refractivity contribution in [3.8, 4) is 0 Å². The first-order valence-electron chi connectivity index (χ1n) is 7.88. The van der Waals surface area contributed by atoms with Crippen molar-refractivity contribution >= 4 is 23.2 Å². The maximum Gasteiger partial charge on any atom is 0.224 e. The van der Waals surface area contributed by atoms with Crippen molar-refractivity contribution in [1.82, 2.24) is 0 Å². The van der Waals surface area contributed by atoms with Crippen molar-refractivity contribution in [2.75, 3.05) is 10.6 Å². The van der Waals surface area contributed by atoms with E-state index in [9.17, 15) is 14.0 Å². The molecule has 0 heterocycles. The van der Waals surface area contributed by atoms with E-state index in [0.29, 0.717) is 23.9 Å². The highest BCUT2D eigenvalue weighted by Gasteiger charge is 2.40. The molecular formula is C17H21FN2O2. The number of rotatable bonds is 4. The molecule has 3 atom stereocenters. The van der Waals surface area contributed by atoms with Gasteiger partial charge in [0.2, 0.25) is 11.8 Å². The fourth-order valence-electron chi connectivity index (χ4n) is 3.97. The van der Waals surface area contributed by atoms with Crippen molar-refractivity contribution in [3.05, 3.63) is 24.0 Å². The molecule has 3 rings (SSSR count). The van der Waals surface area contributed by atoms with Gasteiger partial charge in [-0.25, -0.2) is 4.39 Å². The van der Waals surface area contributed by atoms with Crippen LogP contribution in [0.4, 0.5) is 15.8 Å². The van der Waals surface area contributed by atoms with E-state index in [1.54, 1.807) is 0 Å². The molecule has 0 spiro atoms. The van der Waals surface area contributed by atoms with Crippen molar-refractivity contribution < 1.29 is 14.0 Å². The molecule has 2 aliphatic carbocycles. The standard InChI is InChI=1S/C17H21FN2O2/c1-10(21)19-16-9-14(4-5-15(16)18)20-17(22)8-13-7-11-2-3-12(13)6-11/h4-5,9,11-13H,2-3,6-8H2,1H3,(H,19,21)(H,20,22)/t11-,12-,13-/m0/s1. The monoisotopic (exact) mass is 304 g/mol. The van der Waals surface area contributed by atoms with Gasteiger partial charge < -0.3 is 10.6 Å². The van der Waals surface area contributed by atoms with Crippen LogP contribution in [-0.2, 0) is 9.59 Å². The molecule has 5 heteroatoms. The topological polar surface area (TPSA) is 58.2 Å². The van der Waals surface area contributed by atoms with Gasteiger partial charge >= 0.3 is 0 Å². The second-order valence-corrected chi connectivity index (χ2v) is 6.56. The maximum absolute atomic E-state index is 13.6. The molecular weight excluding hydrogens is 283 g/mol. The predicted octanol–water partition coefficient (Wildman–Crippen LogP) is 3.55. The van der Waals surface area contributed by atoms with Crippen LogP contribution in [0, 0.1) is 23.6 Å². The molecule has 118 valence electrons. The number of anilines is 2. The van der Waals surface area contributed by atoms with E-state index in [0.717, 1.165) is 5.92 Å². The Balaban J connectivity index is 1.60. The third-order valence-electron chi connectivity index (χ3n) is 4.89. The number of benzene rings is 1. The lowest BCUT2D eigenvalue weighted by Gasteiger charge is -2.21. The van der Waals surface area contributed by atoms with Crippen LogP contribution in [-0.4, -0.2) is 11.8 Å². The molecule has 2 N–H and O–H groups in total. The molecule has 2 fully saturated rings. The highest BCUT2D eigenvalue weighted by Crippen LogP contribution is 2.49. The normalized spacial score (nSPS) is 26.0. The van der Waals surface area contributed by atoms with Gasteiger partial charge in [-0.15, -0.1) is 0 Å². The molecule has 2 amide bonds. The minimum absolute atomic E-state index is 0.0297. The summed E-state index contributed by atoms with van der Waals surface area (Å²) in [7, 11) is 0. The fraction of sp³-hybridized carbons (Fsp3) is 0.529. The first kappa shape index (κ1) is 15.0. The molecule has 4 nitrogen and oxygen atoms in total. The van der Waals surface area contributed by atoms with Crippen LogP contribution >= 0.6 is 0 Å². The lowest BCUT2D eigenvalue weighted by atomic mass is 9.86. The highest BCUT2D eigenvalue weighted by molar-refractivity contribution is 5.93. The lowest BCUT2D eigenvalue weighted by Crippen LogP contribution is -2.20. The summed E-state index contributed by atoms with van der Waals surface area (Å²) in [4.78, 5) is 23.2. The number of halogens is 1. The van der Waals surface area contributed by atoms with Crippen molar-refractivity contribution in [3.63, 3.8) is 0 Å². The minimum atomic E-state index is -0.513. The van der Waals surface area contributed by atoms with Gasteiger partial charge in [0, 0.05) is 19.0 Å². The van der Waals surface area contributed by atoms with Gasteiger partial charge in [0.15, 0.2) is 0 Å². The Hall–Kier alpha value is -1.91. The van der Waals surface area contributed by atoms with E-state index in [1.807, 2.05) is 0 Å². The van der Waals surface area contributed by atoms with E-state index < -0.39 is 5.82 Å². The molecule has 2 saturated carbocycles. The number of fused-ring (bicyclic) bond motifs is 2. The number of carbonyl (C=O) groups excluding carboxylic acids is 2. The maximum atomic E-state index is 13.6. The van der Waals surface area contributed by atoms with E-state index in [1.165, 1.54) is 50.8 Å². The molecule has 2 bridgehead atoms. The van der Waals surface area contributed by atoms with Gasteiger partial charge in [-0.2, -0.15) is 0 Å². The van der Waals surface area contributed by atoms with Crippen molar-refractivity contribution in [1.29, 1.82) is 0 Å². The van der Waals surface area contributed by atoms with Crippen LogP contribution < -0.4 is 10.6 Å². The molecule has 1 aromatic carbocycles. The number of nitrogens with one attached hydrogen (secondary N) is 2. The van der Waals surface area contributed by atoms with Gasteiger partial charge in [-0.1, -0.05) is 6.42 Å². The highest BCUT2D eigenvalue weighted by atomic mass is 19.1. The Bertz CT molecular complexity index is 602. The number of hydrogen-bond donors (Lipinski definition) is 2. The van der Waals surface area contributed by atoms with E-state index >= 15 is 0 Å². The molecule has 1 aromatic rings. The zero-order chi connectivity index (χ0) is 15.7. The van der Waals surface area contributed by atoms with Gasteiger partial charge in [0.25, 0.3) is 0 Å². The minimum Gasteiger partial charge on any atom is -0.326 e. The third-order valence-corrected chi connectivity index (χ3v) is 4.89. The van der Waals surface area contributed by atoms with Gasteiger partial charge in [0.1, 0.15) is 5.82 Å². The Labute approximate surface area is 129 Å². The second kappa shape index (κ2) is 6.07. The SMILES string of the molecule is CC(=O)Nc1cc(NC(=O)C[C@@H]2C[C@H]3CC[C@H]2C3)ccc1F. The average Bonchev–Trinajstić information content (AvgIpc) is 3.04. The summed E-state index contributed by atoms with van der Waals surface area (Å²) in [6, 6.07) is 4.22. The van der Waals surface area contributed by atoms with Crippen LogP contribution in [0.5, 0.6) is 0 Å². The number of amides is 2. The summed E-state index contributed by atoms with van der Waals surface area (Å²) in [5.41, 5.74) is 0.600. The van der Waals surface area contributed by atoms with Crippen LogP contribution in [0.15, 0.2) is 18.2 Å². The Morgan fingerprint density at radius 3 is 2.68 bits per heavy atom. The van der Waals surface area contributed by atoms with E-state index in [4.69, 9.17) is 0 Å². The largest absolute Gasteiger partial charge is 0.326 e. The van der Waals surface area contributed by atoms with E-state index in [-0.39, 0.29) is 17.5 Å².